The molecule has 6 rings (SSSR count). The largest absolute Gasteiger partial charge is 0.463 e. The summed E-state index contributed by atoms with van der Waals surface area (Å²) in [6.45, 7) is 10.7. The number of nitrogens with zero attached hydrogens (tertiary/aromatic N) is 1. The molecule has 2 heterocycles. The van der Waals surface area contributed by atoms with Gasteiger partial charge < -0.3 is 9.84 Å². The molecule has 12 atom stereocenters. The molecule has 2 aliphatic heterocycles. The van der Waals surface area contributed by atoms with E-state index < -0.39 is 5.60 Å². The first-order valence-electron chi connectivity index (χ1n) is 14.3. The van der Waals surface area contributed by atoms with E-state index in [9.17, 15) is 14.7 Å². The summed E-state index contributed by atoms with van der Waals surface area (Å²) in [5.41, 5.74) is -0.547. The summed E-state index contributed by atoms with van der Waals surface area (Å²) in [7, 11) is 0. The van der Waals surface area contributed by atoms with Gasteiger partial charge in [-0.1, -0.05) is 13.8 Å². The van der Waals surface area contributed by atoms with E-state index in [1.165, 1.54) is 26.2 Å². The first-order valence-corrected chi connectivity index (χ1v) is 14.3. The number of rotatable bonds is 1. The SMILES string of the molecule is CC(=O)O[C@@H]1CC[C@]2(C)[C@H](C1)C(=O)C[C@@H]1[C@@H]3CC[C@@H]4[C@@H](CN5C[C@@H](C)CC[C@H]5[C@@]4(C)O)[C@@H]3C[C@@H]12. The van der Waals surface area contributed by atoms with E-state index in [2.05, 4.69) is 25.7 Å². The van der Waals surface area contributed by atoms with E-state index in [0.717, 1.165) is 57.5 Å². The van der Waals surface area contributed by atoms with Crippen molar-refractivity contribution in [2.45, 2.75) is 103 Å². The van der Waals surface area contributed by atoms with Crippen molar-refractivity contribution in [1.29, 1.82) is 0 Å². The molecular weight excluding hydrogens is 426 g/mol. The van der Waals surface area contributed by atoms with Crippen molar-refractivity contribution in [3.05, 3.63) is 0 Å². The first-order chi connectivity index (χ1) is 16.1. The summed E-state index contributed by atoms with van der Waals surface area (Å²) in [6, 6.07) is 0.324. The highest BCUT2D eigenvalue weighted by molar-refractivity contribution is 5.83. The van der Waals surface area contributed by atoms with Gasteiger partial charge in [0.1, 0.15) is 11.9 Å². The van der Waals surface area contributed by atoms with Gasteiger partial charge in [0.15, 0.2) is 0 Å². The molecular formula is C29H45NO4. The van der Waals surface area contributed by atoms with Gasteiger partial charge >= 0.3 is 5.97 Å². The van der Waals surface area contributed by atoms with Crippen molar-refractivity contribution >= 4 is 11.8 Å². The molecule has 5 nitrogen and oxygen atoms in total. The number of fused-ring (bicyclic) bond motifs is 8. The number of Topliss-reactive ketones (excluding diaryl/α,β-unsaturated/α-hetero) is 1. The standard InChI is InChI=1S/C29H45NO4/c1-16-5-8-27-29(4,33)23-7-6-19-20(22(23)15-30(27)14-16)12-24-21(19)13-26(32)25-11-18(34-17(2)31)9-10-28(24,25)3/h16,18-25,27,33H,5-15H2,1-4H3/t16-,18+,19+,20+,21+,22-,23+,24-,25+,27-,28-,29-/m0/s1. The second-order valence-electron chi connectivity index (χ2n) is 13.8. The van der Waals surface area contributed by atoms with Crippen LogP contribution >= 0.6 is 0 Å². The summed E-state index contributed by atoms with van der Waals surface area (Å²) < 4.78 is 5.57. The summed E-state index contributed by atoms with van der Waals surface area (Å²) in [5, 5.41) is 11.9. The number of piperidine rings is 2. The van der Waals surface area contributed by atoms with Gasteiger partial charge in [0.25, 0.3) is 0 Å². The molecule has 190 valence electrons. The van der Waals surface area contributed by atoms with Crippen LogP contribution < -0.4 is 0 Å². The van der Waals surface area contributed by atoms with Gasteiger partial charge in [-0.05, 0) is 105 Å². The van der Waals surface area contributed by atoms with Crippen molar-refractivity contribution in [3.8, 4) is 0 Å². The number of carbonyl (C=O) groups excluding carboxylic acids is 2. The van der Waals surface area contributed by atoms with Crippen LogP contribution in [-0.4, -0.2) is 52.6 Å². The van der Waals surface area contributed by atoms with Crippen LogP contribution in [0.4, 0.5) is 0 Å². The van der Waals surface area contributed by atoms with Gasteiger partial charge in [-0.25, -0.2) is 0 Å². The molecule has 6 fully saturated rings. The van der Waals surface area contributed by atoms with Crippen molar-refractivity contribution in [2.24, 2.45) is 52.8 Å². The molecule has 4 aliphatic carbocycles. The Morgan fingerprint density at radius 1 is 0.971 bits per heavy atom. The molecule has 0 aromatic heterocycles. The van der Waals surface area contributed by atoms with Gasteiger partial charge in [-0.3, -0.25) is 14.5 Å². The topological polar surface area (TPSA) is 66.8 Å². The minimum absolute atomic E-state index is 0.0445. The molecule has 0 aromatic carbocycles. The summed E-state index contributed by atoms with van der Waals surface area (Å²) in [6.07, 6.45) is 9.19. The molecule has 4 saturated carbocycles. The van der Waals surface area contributed by atoms with Crippen molar-refractivity contribution in [1.82, 2.24) is 4.90 Å². The molecule has 0 unspecified atom stereocenters. The molecule has 0 bridgehead atoms. The second kappa shape index (κ2) is 8.03. The summed E-state index contributed by atoms with van der Waals surface area (Å²) in [5.74, 6) is 4.37. The highest BCUT2D eigenvalue weighted by atomic mass is 16.5. The third-order valence-electron chi connectivity index (χ3n) is 12.1. The number of esters is 1. The third kappa shape index (κ3) is 3.38. The summed E-state index contributed by atoms with van der Waals surface area (Å²) in [4.78, 5) is 27.7. The number of hydrogen-bond acceptors (Lipinski definition) is 5. The first kappa shape index (κ1) is 23.5. The minimum Gasteiger partial charge on any atom is -0.463 e. The maximum Gasteiger partial charge on any atom is 0.302 e. The number of ether oxygens (including phenoxy) is 1. The van der Waals surface area contributed by atoms with Gasteiger partial charge in [0.05, 0.1) is 5.60 Å². The smallest absolute Gasteiger partial charge is 0.302 e. The quantitative estimate of drug-likeness (QED) is 0.572. The lowest BCUT2D eigenvalue weighted by molar-refractivity contribution is -0.175. The number of ketones is 1. The number of carbonyl (C=O) groups is 2. The van der Waals surface area contributed by atoms with Crippen LogP contribution in [0.5, 0.6) is 0 Å². The molecule has 0 radical (unpaired) electrons. The van der Waals surface area contributed by atoms with E-state index in [0.29, 0.717) is 47.3 Å². The lowest BCUT2D eigenvalue weighted by atomic mass is 9.51. The normalized spacial score (nSPS) is 54.8. The third-order valence-corrected chi connectivity index (χ3v) is 12.1. The van der Waals surface area contributed by atoms with E-state index >= 15 is 0 Å². The van der Waals surface area contributed by atoms with Crippen LogP contribution in [0, 0.1) is 52.8 Å². The molecule has 0 amide bonds. The highest BCUT2D eigenvalue weighted by Crippen LogP contribution is 2.66. The molecule has 0 spiro atoms. The molecule has 34 heavy (non-hydrogen) atoms. The Labute approximate surface area is 205 Å². The van der Waals surface area contributed by atoms with E-state index in [4.69, 9.17) is 4.74 Å². The molecule has 2 saturated heterocycles. The van der Waals surface area contributed by atoms with Crippen molar-refractivity contribution < 1.29 is 19.4 Å². The van der Waals surface area contributed by atoms with Crippen molar-refractivity contribution in [2.75, 3.05) is 13.1 Å². The fourth-order valence-electron chi connectivity index (χ4n) is 10.7. The average molecular weight is 472 g/mol. The maximum atomic E-state index is 13.5. The zero-order valence-corrected chi connectivity index (χ0v) is 21.7. The summed E-state index contributed by atoms with van der Waals surface area (Å²) >= 11 is 0. The Morgan fingerprint density at radius 2 is 1.76 bits per heavy atom. The predicted molar refractivity (Wildman–Crippen MR) is 130 cm³/mol. The van der Waals surface area contributed by atoms with E-state index in [-0.39, 0.29) is 23.4 Å². The maximum absolute atomic E-state index is 13.5. The Kier molecular flexibility index (Phi) is 5.54. The Bertz CT molecular complexity index is 855. The number of hydrogen-bond donors (Lipinski definition) is 1. The monoisotopic (exact) mass is 471 g/mol. The molecule has 5 heteroatoms. The van der Waals surface area contributed by atoms with Crippen LogP contribution in [0.2, 0.25) is 0 Å². The average Bonchev–Trinajstić information content (AvgIpc) is 3.14. The lowest BCUT2D eigenvalue weighted by Crippen LogP contribution is -2.67. The zero-order chi connectivity index (χ0) is 24.0. The highest BCUT2D eigenvalue weighted by Gasteiger charge is 2.64. The van der Waals surface area contributed by atoms with Crippen LogP contribution in [0.1, 0.15) is 85.5 Å². The number of aliphatic hydroxyl groups is 1. The second-order valence-corrected chi connectivity index (χ2v) is 13.8. The Morgan fingerprint density at radius 3 is 2.53 bits per heavy atom. The minimum atomic E-state index is -0.591. The van der Waals surface area contributed by atoms with Crippen LogP contribution in [-0.2, 0) is 14.3 Å². The zero-order valence-electron chi connectivity index (χ0n) is 21.7. The van der Waals surface area contributed by atoms with Gasteiger partial charge in [0, 0.05) is 38.4 Å². The Hall–Kier alpha value is -0.940. The molecule has 6 aliphatic rings. The lowest BCUT2D eigenvalue weighted by Gasteiger charge is -2.59. The van der Waals surface area contributed by atoms with Crippen LogP contribution in [0.25, 0.3) is 0 Å². The molecule has 0 aromatic rings. The van der Waals surface area contributed by atoms with Gasteiger partial charge in [-0.2, -0.15) is 0 Å². The Balaban J connectivity index is 1.26. The van der Waals surface area contributed by atoms with Crippen LogP contribution in [0.3, 0.4) is 0 Å². The fraction of sp³-hybridized carbons (Fsp3) is 0.931. The van der Waals surface area contributed by atoms with Crippen LogP contribution in [0.15, 0.2) is 0 Å². The van der Waals surface area contributed by atoms with E-state index in [1.54, 1.807) is 0 Å². The molecule has 1 N–H and O–H groups in total. The van der Waals surface area contributed by atoms with Crippen molar-refractivity contribution in [3.63, 3.8) is 0 Å². The fourth-order valence-corrected chi connectivity index (χ4v) is 10.7. The van der Waals surface area contributed by atoms with E-state index in [1.807, 2.05) is 0 Å². The van der Waals surface area contributed by atoms with Gasteiger partial charge in [-0.15, -0.1) is 0 Å². The predicted octanol–water partition coefficient (Wildman–Crippen LogP) is 4.46. The van der Waals surface area contributed by atoms with Gasteiger partial charge in [0.2, 0.25) is 0 Å².